The van der Waals surface area contributed by atoms with Crippen LogP contribution >= 0.6 is 0 Å². The van der Waals surface area contributed by atoms with Crippen LogP contribution in [-0.4, -0.2) is 40.2 Å². The molecule has 0 saturated heterocycles. The molecule has 0 heterocycles. The molecule has 204 valence electrons. The maximum atomic E-state index is 13.5. The number of hydrogen-bond acceptors (Lipinski definition) is 7. The van der Waals surface area contributed by atoms with Crippen molar-refractivity contribution in [1.82, 2.24) is 5.43 Å². The van der Waals surface area contributed by atoms with Gasteiger partial charge in [0.05, 0.1) is 29.5 Å². The van der Waals surface area contributed by atoms with Crippen LogP contribution in [-0.2, 0) is 14.8 Å². The number of benzene rings is 4. The van der Waals surface area contributed by atoms with Gasteiger partial charge in [-0.25, -0.2) is 18.6 Å². The molecule has 0 atom stereocenters. The van der Waals surface area contributed by atoms with E-state index in [1.807, 2.05) is 13.0 Å². The van der Waals surface area contributed by atoms with Crippen molar-refractivity contribution < 1.29 is 27.5 Å². The van der Waals surface area contributed by atoms with Gasteiger partial charge in [0.1, 0.15) is 18.0 Å². The van der Waals surface area contributed by atoms with E-state index >= 15 is 0 Å². The van der Waals surface area contributed by atoms with Crippen molar-refractivity contribution in [3.8, 4) is 11.5 Å². The predicted octanol–water partition coefficient (Wildman–Crippen LogP) is 4.57. The number of esters is 1. The van der Waals surface area contributed by atoms with E-state index in [1.54, 1.807) is 84.9 Å². The predicted molar refractivity (Wildman–Crippen MR) is 152 cm³/mol. The Morgan fingerprint density at radius 2 is 1.48 bits per heavy atom. The van der Waals surface area contributed by atoms with E-state index in [-0.39, 0.29) is 4.90 Å². The van der Waals surface area contributed by atoms with Crippen molar-refractivity contribution in [1.29, 1.82) is 0 Å². The number of ether oxygens (including phenoxy) is 2. The zero-order chi connectivity index (χ0) is 28.5. The number of carbonyl (C=O) groups is 2. The number of carbonyl (C=O) groups excluding carboxylic acids is 2. The summed E-state index contributed by atoms with van der Waals surface area (Å²) in [5.41, 5.74) is 4.63. The Labute approximate surface area is 232 Å². The molecule has 0 aliphatic heterocycles. The summed E-state index contributed by atoms with van der Waals surface area (Å²) in [6.07, 6.45) is 1.40. The largest absolute Gasteiger partial charge is 0.497 e. The molecule has 0 bridgehead atoms. The van der Waals surface area contributed by atoms with Crippen molar-refractivity contribution >= 4 is 33.8 Å². The lowest BCUT2D eigenvalue weighted by Gasteiger charge is -2.24. The summed E-state index contributed by atoms with van der Waals surface area (Å²) in [6, 6.07) is 27.9. The van der Waals surface area contributed by atoms with Crippen LogP contribution in [0, 0.1) is 6.92 Å². The molecule has 0 fully saturated rings. The lowest BCUT2D eigenvalue weighted by Crippen LogP contribution is -2.39. The van der Waals surface area contributed by atoms with Crippen LogP contribution in [0.1, 0.15) is 21.5 Å². The maximum Gasteiger partial charge on any atom is 0.343 e. The van der Waals surface area contributed by atoms with Crippen molar-refractivity contribution in [2.45, 2.75) is 11.8 Å². The number of methoxy groups -OCH3 is 1. The summed E-state index contributed by atoms with van der Waals surface area (Å²) in [5, 5.41) is 3.95. The number of hydrazone groups is 1. The Bertz CT molecular complexity index is 1590. The number of hydrogen-bond donors (Lipinski definition) is 1. The third kappa shape index (κ3) is 7.12. The third-order valence-corrected chi connectivity index (χ3v) is 7.55. The fourth-order valence-corrected chi connectivity index (χ4v) is 5.03. The quantitative estimate of drug-likeness (QED) is 0.132. The van der Waals surface area contributed by atoms with Crippen LogP contribution in [0.5, 0.6) is 11.5 Å². The number of rotatable bonds is 10. The van der Waals surface area contributed by atoms with Gasteiger partial charge in [0.25, 0.3) is 15.9 Å². The van der Waals surface area contributed by atoms with E-state index in [2.05, 4.69) is 10.5 Å². The third-order valence-electron chi connectivity index (χ3n) is 5.76. The summed E-state index contributed by atoms with van der Waals surface area (Å²) in [5.74, 6) is -0.217. The number of aryl methyl sites for hydroxylation is 1. The number of nitrogens with one attached hydrogen (secondary N) is 1. The molecule has 0 aromatic heterocycles. The van der Waals surface area contributed by atoms with Gasteiger partial charge < -0.3 is 9.47 Å². The smallest absolute Gasteiger partial charge is 0.343 e. The second kappa shape index (κ2) is 12.7. The molecule has 40 heavy (non-hydrogen) atoms. The summed E-state index contributed by atoms with van der Waals surface area (Å²) < 4.78 is 38.5. The molecule has 1 N–H and O–H groups in total. The Morgan fingerprint density at radius 1 is 0.850 bits per heavy atom. The van der Waals surface area contributed by atoms with E-state index in [0.29, 0.717) is 28.3 Å². The van der Waals surface area contributed by atoms with Gasteiger partial charge in [-0.15, -0.1) is 0 Å². The normalized spacial score (nSPS) is 11.2. The highest BCUT2D eigenvalue weighted by Crippen LogP contribution is 2.26. The molecular weight excluding hydrogens is 530 g/mol. The Balaban J connectivity index is 1.43. The first-order chi connectivity index (χ1) is 19.3. The summed E-state index contributed by atoms with van der Waals surface area (Å²) in [4.78, 5) is 25.0. The van der Waals surface area contributed by atoms with Crippen LogP contribution in [0.3, 0.4) is 0 Å². The van der Waals surface area contributed by atoms with Crippen LogP contribution < -0.4 is 19.2 Å². The number of nitrogens with zero attached hydrogens (tertiary/aromatic N) is 2. The number of sulfonamides is 1. The van der Waals surface area contributed by atoms with E-state index in [1.165, 1.54) is 25.5 Å². The highest BCUT2D eigenvalue weighted by Gasteiger charge is 2.27. The fraction of sp³-hybridized carbons (Fsp3) is 0.100. The molecule has 0 radical (unpaired) electrons. The van der Waals surface area contributed by atoms with Gasteiger partial charge in [0.15, 0.2) is 0 Å². The van der Waals surface area contributed by atoms with Gasteiger partial charge in [-0.05, 0) is 85.3 Å². The Morgan fingerprint density at radius 3 is 2.10 bits per heavy atom. The van der Waals surface area contributed by atoms with Crippen LogP contribution in [0.2, 0.25) is 0 Å². The summed E-state index contributed by atoms with van der Waals surface area (Å²) in [6.45, 7) is 1.35. The van der Waals surface area contributed by atoms with Gasteiger partial charge in [-0.3, -0.25) is 9.10 Å². The molecule has 0 unspecified atom stereocenters. The van der Waals surface area contributed by atoms with Gasteiger partial charge in [-0.2, -0.15) is 5.10 Å². The van der Waals surface area contributed by atoms with Crippen molar-refractivity contribution in [3.05, 3.63) is 120 Å². The molecule has 10 heteroatoms. The molecule has 0 aliphatic carbocycles. The average Bonchev–Trinajstić information content (AvgIpc) is 2.97. The average molecular weight is 558 g/mol. The van der Waals surface area contributed by atoms with Crippen LogP contribution in [0.15, 0.2) is 113 Å². The van der Waals surface area contributed by atoms with Gasteiger partial charge in [0.2, 0.25) is 0 Å². The molecule has 0 aliphatic rings. The SMILES string of the molecule is COc1ccc(N(CC(=O)N/N=C\c2ccc(OC(=O)c3ccccc3)cc2)S(=O)(=O)c2ccc(C)cc2)cc1. The molecule has 1 amide bonds. The standard InChI is InChI=1S/C30H27N3O6S/c1-22-8-18-28(19-9-22)40(36,37)33(25-12-16-26(38-2)17-13-25)21-29(34)32-31-20-23-10-14-27(15-11-23)39-30(35)24-6-4-3-5-7-24/h3-20H,21H2,1-2H3,(H,32,34)/b31-20-. The van der Waals surface area contributed by atoms with E-state index < -0.39 is 28.4 Å². The molecule has 4 aromatic rings. The summed E-state index contributed by atoms with van der Waals surface area (Å²) >= 11 is 0. The molecule has 4 aromatic carbocycles. The Hall–Kier alpha value is -4.96. The van der Waals surface area contributed by atoms with Crippen molar-refractivity contribution in [2.24, 2.45) is 5.10 Å². The molecule has 4 rings (SSSR count). The second-order valence-corrected chi connectivity index (χ2v) is 10.5. The van der Waals surface area contributed by atoms with Gasteiger partial charge >= 0.3 is 5.97 Å². The fourth-order valence-electron chi connectivity index (χ4n) is 3.61. The van der Waals surface area contributed by atoms with Crippen LogP contribution in [0.25, 0.3) is 0 Å². The van der Waals surface area contributed by atoms with E-state index in [0.717, 1.165) is 9.87 Å². The van der Waals surface area contributed by atoms with Crippen molar-refractivity contribution in [2.75, 3.05) is 18.0 Å². The monoisotopic (exact) mass is 557 g/mol. The van der Waals surface area contributed by atoms with Gasteiger partial charge in [-0.1, -0.05) is 35.9 Å². The van der Waals surface area contributed by atoms with Gasteiger partial charge in [0, 0.05) is 0 Å². The molecule has 9 nitrogen and oxygen atoms in total. The number of anilines is 1. The van der Waals surface area contributed by atoms with E-state index in [4.69, 9.17) is 9.47 Å². The minimum absolute atomic E-state index is 0.0540. The topological polar surface area (TPSA) is 114 Å². The first kappa shape index (κ1) is 28.1. The first-order valence-electron chi connectivity index (χ1n) is 12.2. The van der Waals surface area contributed by atoms with Crippen LogP contribution in [0.4, 0.5) is 5.69 Å². The lowest BCUT2D eigenvalue weighted by molar-refractivity contribution is -0.119. The minimum Gasteiger partial charge on any atom is -0.497 e. The highest BCUT2D eigenvalue weighted by atomic mass is 32.2. The minimum atomic E-state index is -4.06. The molecular formula is C30H27N3O6S. The summed E-state index contributed by atoms with van der Waals surface area (Å²) in [7, 11) is -2.55. The Kier molecular flexibility index (Phi) is 8.93. The maximum absolute atomic E-state index is 13.5. The van der Waals surface area contributed by atoms with Crippen molar-refractivity contribution in [3.63, 3.8) is 0 Å². The zero-order valence-electron chi connectivity index (χ0n) is 21.9. The lowest BCUT2D eigenvalue weighted by atomic mass is 10.2. The molecule has 0 saturated carbocycles. The first-order valence-corrected chi connectivity index (χ1v) is 13.6. The number of amides is 1. The highest BCUT2D eigenvalue weighted by molar-refractivity contribution is 7.92. The zero-order valence-corrected chi connectivity index (χ0v) is 22.7. The molecule has 0 spiro atoms. The van der Waals surface area contributed by atoms with E-state index in [9.17, 15) is 18.0 Å². The second-order valence-electron chi connectivity index (χ2n) is 8.64.